The summed E-state index contributed by atoms with van der Waals surface area (Å²) < 4.78 is 75.2. The van der Waals surface area contributed by atoms with Gasteiger partial charge in [-0.05, 0) is 19.1 Å². The van der Waals surface area contributed by atoms with Crippen molar-refractivity contribution in [1.82, 2.24) is 20.7 Å². The molecular weight excluding hydrogens is 366 g/mol. The van der Waals surface area contributed by atoms with Gasteiger partial charge in [-0.25, -0.2) is 20.0 Å². The number of nitrogens with zero attached hydrogens (tertiary/aromatic N) is 4. The summed E-state index contributed by atoms with van der Waals surface area (Å²) in [5.74, 6) is -0.106. The first-order chi connectivity index (χ1) is 12.0. The van der Waals surface area contributed by atoms with Gasteiger partial charge >= 0.3 is 12.4 Å². The van der Waals surface area contributed by atoms with Gasteiger partial charge in [-0.2, -0.15) is 26.3 Å². The predicted octanol–water partition coefficient (Wildman–Crippen LogP) is 3.09. The average molecular weight is 378 g/mol. The van der Waals surface area contributed by atoms with Gasteiger partial charge in [0.2, 0.25) is 6.29 Å². The van der Waals surface area contributed by atoms with Gasteiger partial charge in [0.25, 0.3) is 0 Å². The molecule has 0 amide bonds. The molecule has 0 saturated heterocycles. The van der Waals surface area contributed by atoms with Gasteiger partial charge in [-0.1, -0.05) is 0 Å². The maximum absolute atomic E-state index is 12.5. The molecule has 1 atom stereocenters. The van der Waals surface area contributed by atoms with E-state index in [-0.39, 0.29) is 17.4 Å². The molecule has 2 aliphatic heterocycles. The Balaban J connectivity index is 1.83. The monoisotopic (exact) mass is 378 g/mol. The molecular formula is C14H12F6N6. The first-order valence-corrected chi connectivity index (χ1v) is 7.27. The van der Waals surface area contributed by atoms with E-state index in [0.717, 1.165) is 18.3 Å². The number of alkyl halides is 6. The number of pyridine rings is 1. The van der Waals surface area contributed by atoms with E-state index in [4.69, 9.17) is 0 Å². The van der Waals surface area contributed by atoms with E-state index in [1.807, 2.05) is 0 Å². The number of hydrogen-bond donors (Lipinski definition) is 2. The maximum Gasteiger partial charge on any atom is 0.433 e. The van der Waals surface area contributed by atoms with E-state index in [9.17, 15) is 26.3 Å². The number of aromatic nitrogens is 1. The van der Waals surface area contributed by atoms with Crippen LogP contribution in [0.5, 0.6) is 0 Å². The molecule has 0 saturated carbocycles. The summed E-state index contributed by atoms with van der Waals surface area (Å²) in [6, 6.07) is 1.90. The fourth-order valence-electron chi connectivity index (χ4n) is 2.34. The van der Waals surface area contributed by atoms with Crippen molar-refractivity contribution < 1.29 is 26.3 Å². The Hall–Kier alpha value is -2.79. The number of hydrazine groups is 1. The van der Waals surface area contributed by atoms with Gasteiger partial charge in [-0.3, -0.25) is 5.43 Å². The lowest BCUT2D eigenvalue weighted by Crippen LogP contribution is -2.53. The van der Waals surface area contributed by atoms with E-state index < -0.39 is 30.8 Å². The Morgan fingerprint density at radius 1 is 1.19 bits per heavy atom. The van der Waals surface area contributed by atoms with Crippen molar-refractivity contribution in [3.05, 3.63) is 35.8 Å². The third kappa shape index (κ3) is 4.06. The molecule has 0 fully saturated rings. The lowest BCUT2D eigenvalue weighted by atomic mass is 10.3. The maximum atomic E-state index is 12.5. The number of hydrogen-bond acceptors (Lipinski definition) is 5. The molecule has 140 valence electrons. The van der Waals surface area contributed by atoms with Crippen LogP contribution in [0.25, 0.3) is 0 Å². The smallest absolute Gasteiger partial charge is 0.349 e. The SMILES string of the molecule is CC1=CC(=Nc2ccc(C(F)(F)F)nc2)N2NC(CC(F)(F)F)=NC2N1. The molecule has 0 bridgehead atoms. The highest BCUT2D eigenvalue weighted by molar-refractivity contribution is 5.99. The highest BCUT2D eigenvalue weighted by Crippen LogP contribution is 2.29. The minimum absolute atomic E-state index is 0.115. The van der Waals surface area contributed by atoms with Gasteiger partial charge in [0.15, 0.2) is 5.84 Å². The van der Waals surface area contributed by atoms with Gasteiger partial charge in [0.1, 0.15) is 18.0 Å². The second kappa shape index (κ2) is 6.18. The standard InChI is InChI=1S/C14H12F6N6/c1-7-4-11(23-8-2-3-9(21-6-8)14(18,19)20)26-12(22-7)24-10(25-26)5-13(15,16)17/h2-4,6,12,22H,5H2,1H3,(H,24,25). The number of allylic oxidation sites excluding steroid dienone is 1. The van der Waals surface area contributed by atoms with Gasteiger partial charge in [0, 0.05) is 11.8 Å². The predicted molar refractivity (Wildman–Crippen MR) is 80.1 cm³/mol. The quantitative estimate of drug-likeness (QED) is 0.777. The molecule has 0 radical (unpaired) electrons. The molecule has 26 heavy (non-hydrogen) atoms. The van der Waals surface area contributed by atoms with Crippen molar-refractivity contribution in [1.29, 1.82) is 0 Å². The van der Waals surface area contributed by atoms with E-state index >= 15 is 0 Å². The molecule has 0 spiro atoms. The lowest BCUT2D eigenvalue weighted by Gasteiger charge is -2.30. The summed E-state index contributed by atoms with van der Waals surface area (Å²) in [4.78, 5) is 11.3. The Morgan fingerprint density at radius 3 is 2.50 bits per heavy atom. The Bertz CT molecular complexity index is 777. The number of halogens is 6. The zero-order chi connectivity index (χ0) is 19.1. The summed E-state index contributed by atoms with van der Waals surface area (Å²) in [5, 5.41) is 4.12. The Morgan fingerprint density at radius 2 is 1.92 bits per heavy atom. The normalized spacial score (nSPS) is 21.7. The number of fused-ring (bicyclic) bond motifs is 1. The molecule has 0 aromatic carbocycles. The highest BCUT2D eigenvalue weighted by Gasteiger charge is 2.37. The summed E-state index contributed by atoms with van der Waals surface area (Å²) in [5.41, 5.74) is 2.14. The molecule has 2 N–H and O–H groups in total. The van der Waals surface area contributed by atoms with Crippen molar-refractivity contribution in [3.63, 3.8) is 0 Å². The fourth-order valence-corrected chi connectivity index (χ4v) is 2.34. The summed E-state index contributed by atoms with van der Waals surface area (Å²) in [7, 11) is 0. The number of amidine groups is 2. The third-order valence-corrected chi connectivity index (χ3v) is 3.37. The lowest BCUT2D eigenvalue weighted by molar-refractivity contribution is -0.141. The summed E-state index contributed by atoms with van der Waals surface area (Å²) >= 11 is 0. The van der Waals surface area contributed by atoms with Gasteiger partial charge in [0.05, 0.1) is 11.9 Å². The van der Waals surface area contributed by atoms with Crippen LogP contribution in [0.3, 0.4) is 0 Å². The van der Waals surface area contributed by atoms with Crippen molar-refractivity contribution in [3.8, 4) is 0 Å². The zero-order valence-corrected chi connectivity index (χ0v) is 13.2. The molecule has 0 aliphatic carbocycles. The van der Waals surface area contributed by atoms with Crippen LogP contribution in [0.2, 0.25) is 0 Å². The topological polar surface area (TPSA) is 64.9 Å². The summed E-state index contributed by atoms with van der Waals surface area (Å²) in [6.45, 7) is 1.66. The van der Waals surface area contributed by atoms with Crippen LogP contribution in [-0.4, -0.2) is 34.1 Å². The van der Waals surface area contributed by atoms with Crippen molar-refractivity contribution >= 4 is 17.4 Å². The molecule has 3 rings (SSSR count). The van der Waals surface area contributed by atoms with Crippen molar-refractivity contribution in [2.24, 2.45) is 9.98 Å². The van der Waals surface area contributed by atoms with E-state index in [1.54, 1.807) is 6.92 Å². The second-order valence-corrected chi connectivity index (χ2v) is 5.56. The van der Waals surface area contributed by atoms with Crippen LogP contribution in [0.1, 0.15) is 19.0 Å². The second-order valence-electron chi connectivity index (χ2n) is 5.56. The average Bonchev–Trinajstić information content (AvgIpc) is 2.87. The molecule has 3 heterocycles. The molecule has 1 aromatic heterocycles. The van der Waals surface area contributed by atoms with Crippen molar-refractivity contribution in [2.75, 3.05) is 0 Å². The number of aliphatic imine (C=N–C) groups is 2. The third-order valence-electron chi connectivity index (χ3n) is 3.37. The molecule has 12 heteroatoms. The van der Waals surface area contributed by atoms with Crippen LogP contribution >= 0.6 is 0 Å². The largest absolute Gasteiger partial charge is 0.433 e. The minimum atomic E-state index is -4.57. The minimum Gasteiger partial charge on any atom is -0.349 e. The van der Waals surface area contributed by atoms with E-state index in [0.29, 0.717) is 5.70 Å². The fraction of sp³-hybridized carbons (Fsp3) is 0.357. The van der Waals surface area contributed by atoms with Crippen molar-refractivity contribution in [2.45, 2.75) is 32.0 Å². The highest BCUT2D eigenvalue weighted by atomic mass is 19.4. The van der Waals surface area contributed by atoms with E-state index in [1.165, 1.54) is 11.1 Å². The zero-order valence-electron chi connectivity index (χ0n) is 13.2. The Kier molecular flexibility index (Phi) is 4.28. The first-order valence-electron chi connectivity index (χ1n) is 7.27. The van der Waals surface area contributed by atoms with Crippen LogP contribution in [0.4, 0.5) is 32.0 Å². The van der Waals surface area contributed by atoms with Crippen LogP contribution in [0.15, 0.2) is 40.1 Å². The Labute approximate surface area is 143 Å². The van der Waals surface area contributed by atoms with Crippen LogP contribution in [-0.2, 0) is 6.18 Å². The first kappa shape index (κ1) is 18.0. The van der Waals surface area contributed by atoms with Gasteiger partial charge < -0.3 is 5.32 Å². The van der Waals surface area contributed by atoms with Gasteiger partial charge in [-0.15, -0.1) is 0 Å². The number of rotatable bonds is 2. The molecule has 2 aliphatic rings. The number of nitrogens with one attached hydrogen (secondary N) is 2. The van der Waals surface area contributed by atoms with Crippen LogP contribution in [0, 0.1) is 0 Å². The van der Waals surface area contributed by atoms with E-state index in [2.05, 4.69) is 25.7 Å². The summed E-state index contributed by atoms with van der Waals surface area (Å²) in [6.07, 6.45) is -8.62. The molecule has 6 nitrogen and oxygen atoms in total. The molecule has 1 unspecified atom stereocenters. The molecule has 1 aromatic rings. The van der Waals surface area contributed by atoms with Crippen LogP contribution < -0.4 is 10.7 Å².